The van der Waals surface area contributed by atoms with Crippen molar-refractivity contribution < 1.29 is 4.48 Å². The first kappa shape index (κ1) is 18.0. The van der Waals surface area contributed by atoms with Crippen LogP contribution in [0, 0.1) is 11.3 Å². The quantitative estimate of drug-likeness (QED) is 0.640. The first-order valence-corrected chi connectivity index (χ1v) is 9.99. The smallest absolute Gasteiger partial charge is 0.0837 e. The van der Waals surface area contributed by atoms with Crippen molar-refractivity contribution >= 4 is 0 Å². The molecule has 3 atom stereocenters. The first-order chi connectivity index (χ1) is 11.1. The van der Waals surface area contributed by atoms with Crippen molar-refractivity contribution in [1.29, 1.82) is 0 Å². The molecule has 24 heavy (non-hydrogen) atoms. The standard InChI is InChI=1S/C23H38N/c1-17(2)18-9-11-20-19(15-18)10-12-21-22(3,16-24(5,6)7)13-8-14-23(20,21)4/h9,11,15,17,21H,8,10,12-14,16H2,1-7H3/q+1/t21-,22-,23+/m0/s1. The molecule has 1 heteroatoms. The molecule has 2 aliphatic rings. The van der Waals surface area contributed by atoms with Crippen LogP contribution in [0.15, 0.2) is 18.2 Å². The lowest BCUT2D eigenvalue weighted by atomic mass is 9.49. The SMILES string of the molecule is CC(C)c1ccc2c(c1)CC[C@H]1[C@](C)(C[N+](C)(C)C)CCC[C@]21C. The van der Waals surface area contributed by atoms with Gasteiger partial charge in [0.2, 0.25) is 0 Å². The Bertz CT molecular complexity index is 609. The molecular weight excluding hydrogens is 290 g/mol. The van der Waals surface area contributed by atoms with E-state index >= 15 is 0 Å². The maximum absolute atomic E-state index is 2.59. The number of hydrogen-bond donors (Lipinski definition) is 0. The molecule has 0 heterocycles. The third-order valence-corrected chi connectivity index (χ3v) is 7.00. The van der Waals surface area contributed by atoms with Crippen LogP contribution >= 0.6 is 0 Å². The molecule has 1 aromatic carbocycles. The second-order valence-corrected chi connectivity index (χ2v) is 10.5. The fourth-order valence-corrected chi connectivity index (χ4v) is 6.28. The summed E-state index contributed by atoms with van der Waals surface area (Å²) in [5, 5.41) is 0. The van der Waals surface area contributed by atoms with Crippen molar-refractivity contribution in [2.24, 2.45) is 11.3 Å². The highest BCUT2D eigenvalue weighted by atomic mass is 15.3. The Morgan fingerprint density at radius 3 is 2.46 bits per heavy atom. The summed E-state index contributed by atoms with van der Waals surface area (Å²) >= 11 is 0. The summed E-state index contributed by atoms with van der Waals surface area (Å²) in [6, 6.07) is 7.42. The van der Waals surface area contributed by atoms with Gasteiger partial charge in [-0.3, -0.25) is 0 Å². The number of nitrogens with zero attached hydrogens (tertiary/aromatic N) is 1. The first-order valence-electron chi connectivity index (χ1n) is 9.99. The van der Waals surface area contributed by atoms with Gasteiger partial charge in [-0.25, -0.2) is 0 Å². The van der Waals surface area contributed by atoms with Crippen molar-refractivity contribution in [2.75, 3.05) is 27.7 Å². The Balaban J connectivity index is 2.00. The fraction of sp³-hybridized carbons (Fsp3) is 0.739. The zero-order valence-electron chi connectivity index (χ0n) is 17.1. The minimum absolute atomic E-state index is 0.380. The largest absolute Gasteiger partial charge is 0.330 e. The number of hydrogen-bond acceptors (Lipinski definition) is 0. The van der Waals surface area contributed by atoms with Gasteiger partial charge in [-0.05, 0) is 59.6 Å². The summed E-state index contributed by atoms with van der Waals surface area (Å²) in [5.74, 6) is 1.46. The van der Waals surface area contributed by atoms with Crippen LogP contribution in [0.4, 0.5) is 0 Å². The van der Waals surface area contributed by atoms with E-state index in [9.17, 15) is 0 Å². The van der Waals surface area contributed by atoms with E-state index in [1.807, 2.05) is 0 Å². The van der Waals surface area contributed by atoms with E-state index in [1.165, 1.54) is 44.2 Å². The van der Waals surface area contributed by atoms with Crippen LogP contribution < -0.4 is 0 Å². The summed E-state index contributed by atoms with van der Waals surface area (Å²) in [6.45, 7) is 11.1. The topological polar surface area (TPSA) is 0 Å². The summed E-state index contributed by atoms with van der Waals surface area (Å²) in [5.41, 5.74) is 5.69. The van der Waals surface area contributed by atoms with Crippen LogP contribution in [0.3, 0.4) is 0 Å². The third kappa shape index (κ3) is 3.05. The van der Waals surface area contributed by atoms with E-state index < -0.39 is 0 Å². The molecular formula is C23H38N+. The molecule has 0 spiro atoms. The zero-order valence-corrected chi connectivity index (χ0v) is 17.1. The molecule has 1 saturated carbocycles. The monoisotopic (exact) mass is 328 g/mol. The van der Waals surface area contributed by atoms with E-state index in [4.69, 9.17) is 0 Å². The lowest BCUT2D eigenvalue weighted by Crippen LogP contribution is -2.55. The number of fused-ring (bicyclic) bond motifs is 3. The summed E-state index contributed by atoms with van der Waals surface area (Å²) in [6.07, 6.45) is 6.82. The van der Waals surface area contributed by atoms with E-state index in [-0.39, 0.29) is 0 Å². The predicted molar refractivity (Wildman–Crippen MR) is 105 cm³/mol. The highest BCUT2D eigenvalue weighted by Crippen LogP contribution is 2.57. The average molecular weight is 329 g/mol. The molecule has 1 nitrogen and oxygen atoms in total. The van der Waals surface area contributed by atoms with E-state index in [0.29, 0.717) is 16.7 Å². The van der Waals surface area contributed by atoms with E-state index in [0.717, 1.165) is 10.4 Å². The van der Waals surface area contributed by atoms with Gasteiger partial charge in [0.05, 0.1) is 27.7 Å². The lowest BCUT2D eigenvalue weighted by Gasteiger charge is -2.56. The second kappa shape index (κ2) is 5.87. The van der Waals surface area contributed by atoms with Crippen molar-refractivity contribution in [3.05, 3.63) is 34.9 Å². The Labute approximate surface area is 150 Å². The molecule has 0 bridgehead atoms. The average Bonchev–Trinajstić information content (AvgIpc) is 2.44. The molecule has 3 rings (SSSR count). The lowest BCUT2D eigenvalue weighted by molar-refractivity contribution is -0.878. The molecule has 0 aliphatic heterocycles. The summed E-state index contributed by atoms with van der Waals surface area (Å²) in [7, 11) is 7.09. The molecule has 2 aliphatic carbocycles. The van der Waals surface area contributed by atoms with Crippen LogP contribution in [-0.4, -0.2) is 32.2 Å². The van der Waals surface area contributed by atoms with Crippen molar-refractivity contribution in [3.63, 3.8) is 0 Å². The molecule has 0 unspecified atom stereocenters. The van der Waals surface area contributed by atoms with Crippen LogP contribution in [0.25, 0.3) is 0 Å². The summed E-state index contributed by atoms with van der Waals surface area (Å²) < 4.78 is 1.09. The molecule has 0 N–H and O–H groups in total. The summed E-state index contributed by atoms with van der Waals surface area (Å²) in [4.78, 5) is 0. The molecule has 0 aromatic heterocycles. The van der Waals surface area contributed by atoms with Crippen LogP contribution in [0.2, 0.25) is 0 Å². The Hall–Kier alpha value is -0.820. The third-order valence-electron chi connectivity index (χ3n) is 7.00. The van der Waals surface area contributed by atoms with Gasteiger partial charge in [0, 0.05) is 5.41 Å². The van der Waals surface area contributed by atoms with Gasteiger partial charge in [0.25, 0.3) is 0 Å². The Kier molecular flexibility index (Phi) is 4.40. The van der Waals surface area contributed by atoms with Gasteiger partial charge in [-0.15, -0.1) is 0 Å². The maximum Gasteiger partial charge on any atom is 0.0837 e. The Morgan fingerprint density at radius 2 is 1.83 bits per heavy atom. The van der Waals surface area contributed by atoms with Crippen molar-refractivity contribution in [1.82, 2.24) is 0 Å². The predicted octanol–water partition coefficient (Wildman–Crippen LogP) is 5.53. The fourth-order valence-electron chi connectivity index (χ4n) is 6.28. The molecule has 134 valence electrons. The van der Waals surface area contributed by atoms with Gasteiger partial charge in [-0.1, -0.05) is 52.3 Å². The zero-order chi connectivity index (χ0) is 17.8. The van der Waals surface area contributed by atoms with E-state index in [1.54, 1.807) is 11.1 Å². The van der Waals surface area contributed by atoms with Crippen molar-refractivity contribution in [3.8, 4) is 0 Å². The molecule has 0 radical (unpaired) electrons. The van der Waals surface area contributed by atoms with Crippen LogP contribution in [0.5, 0.6) is 0 Å². The minimum atomic E-state index is 0.380. The molecule has 1 fully saturated rings. The molecule has 0 saturated heterocycles. The Morgan fingerprint density at radius 1 is 1.12 bits per heavy atom. The maximum atomic E-state index is 2.59. The molecule has 0 amide bonds. The highest BCUT2D eigenvalue weighted by molar-refractivity contribution is 5.42. The number of quaternary nitrogens is 1. The number of aryl methyl sites for hydroxylation is 1. The van der Waals surface area contributed by atoms with Gasteiger partial charge >= 0.3 is 0 Å². The minimum Gasteiger partial charge on any atom is -0.330 e. The number of rotatable bonds is 3. The van der Waals surface area contributed by atoms with E-state index in [2.05, 4.69) is 67.0 Å². The highest BCUT2D eigenvalue weighted by Gasteiger charge is 2.53. The molecule has 1 aromatic rings. The van der Waals surface area contributed by atoms with Crippen LogP contribution in [-0.2, 0) is 11.8 Å². The van der Waals surface area contributed by atoms with Crippen molar-refractivity contribution in [2.45, 2.75) is 71.1 Å². The normalized spacial score (nSPS) is 33.2. The number of benzene rings is 1. The second-order valence-electron chi connectivity index (χ2n) is 10.5. The van der Waals surface area contributed by atoms with Gasteiger partial charge in [0.1, 0.15) is 0 Å². The van der Waals surface area contributed by atoms with Crippen LogP contribution in [0.1, 0.15) is 76.0 Å². The van der Waals surface area contributed by atoms with Gasteiger partial charge < -0.3 is 4.48 Å². The van der Waals surface area contributed by atoms with Gasteiger partial charge in [-0.2, -0.15) is 0 Å². The van der Waals surface area contributed by atoms with Gasteiger partial charge in [0.15, 0.2) is 0 Å².